The van der Waals surface area contributed by atoms with Crippen LogP contribution in [0.5, 0.6) is 0 Å². The van der Waals surface area contributed by atoms with Gasteiger partial charge >= 0.3 is 0 Å². The maximum absolute atomic E-state index is 12.8. The van der Waals surface area contributed by atoms with Gasteiger partial charge in [0.1, 0.15) is 0 Å². The Bertz CT molecular complexity index is 856. The summed E-state index contributed by atoms with van der Waals surface area (Å²) in [5.41, 5.74) is 5.66. The van der Waals surface area contributed by atoms with Crippen LogP contribution in [0.4, 0.5) is 5.69 Å². The van der Waals surface area contributed by atoms with E-state index in [0.29, 0.717) is 31.5 Å². The number of hydrogen-bond donors (Lipinski definition) is 3. The molecule has 0 saturated carbocycles. The van der Waals surface area contributed by atoms with Gasteiger partial charge < -0.3 is 16.4 Å². The van der Waals surface area contributed by atoms with Crippen molar-refractivity contribution in [2.75, 3.05) is 30.7 Å². The van der Waals surface area contributed by atoms with Crippen molar-refractivity contribution >= 4 is 33.4 Å². The predicted octanol–water partition coefficient (Wildman–Crippen LogP) is 0.682. The molecule has 160 valence electrons. The number of benzene rings is 1. The van der Waals surface area contributed by atoms with Gasteiger partial charge in [0.05, 0.1) is 22.9 Å². The minimum atomic E-state index is -3.36. The zero-order valence-corrected chi connectivity index (χ0v) is 17.3. The lowest BCUT2D eigenvalue weighted by molar-refractivity contribution is -0.121. The molecule has 3 amide bonds. The first-order valence-corrected chi connectivity index (χ1v) is 11.3. The molecular weight excluding hydrogens is 396 g/mol. The number of rotatable bonds is 9. The molecule has 4 N–H and O–H groups in total. The topological polar surface area (TPSA) is 139 Å². The average Bonchev–Trinajstić information content (AvgIpc) is 2.68. The highest BCUT2D eigenvalue weighted by Crippen LogP contribution is 2.23. The summed E-state index contributed by atoms with van der Waals surface area (Å²) in [5.74, 6) is -1.69. The van der Waals surface area contributed by atoms with Gasteiger partial charge in [0, 0.05) is 26.1 Å². The second kappa shape index (κ2) is 10.4. The van der Waals surface area contributed by atoms with Crippen molar-refractivity contribution < 1.29 is 22.8 Å². The van der Waals surface area contributed by atoms with Crippen molar-refractivity contribution in [2.45, 2.75) is 32.6 Å². The minimum absolute atomic E-state index is 0.0183. The number of carbonyl (C=O) groups excluding carboxylic acids is 3. The molecule has 0 aliphatic carbocycles. The summed E-state index contributed by atoms with van der Waals surface area (Å²) in [6, 6.07) is 6.52. The lowest BCUT2D eigenvalue weighted by Gasteiger charge is -2.31. The molecule has 1 aliphatic heterocycles. The Kier molecular flexibility index (Phi) is 8.15. The fourth-order valence-corrected chi connectivity index (χ4v) is 4.80. The zero-order chi connectivity index (χ0) is 21.4. The molecule has 0 spiro atoms. The van der Waals surface area contributed by atoms with Crippen LogP contribution in [0, 0.1) is 5.92 Å². The number of nitrogens with one attached hydrogen (secondary N) is 2. The second-order valence-electron chi connectivity index (χ2n) is 7.02. The van der Waals surface area contributed by atoms with Crippen LogP contribution >= 0.6 is 0 Å². The number of para-hydroxylation sites is 1. The van der Waals surface area contributed by atoms with Crippen LogP contribution in [-0.2, 0) is 19.6 Å². The van der Waals surface area contributed by atoms with Crippen LogP contribution < -0.4 is 16.4 Å². The summed E-state index contributed by atoms with van der Waals surface area (Å²) in [4.78, 5) is 35.9. The third kappa shape index (κ3) is 6.53. The molecule has 9 nitrogen and oxygen atoms in total. The van der Waals surface area contributed by atoms with Crippen molar-refractivity contribution in [2.24, 2.45) is 11.7 Å². The van der Waals surface area contributed by atoms with E-state index in [1.165, 1.54) is 4.31 Å². The second-order valence-corrected chi connectivity index (χ2v) is 9.11. The molecule has 1 aromatic carbocycles. The molecule has 1 fully saturated rings. The standard InChI is InChI=1S/C19H28N4O5S/c1-2-12-29(27,28)23-11-5-6-14(13-23)18(25)22-16-8-4-3-7-15(16)19(26)21-10-9-17(20)24/h3-4,7-8,14H,2,5-6,9-13H2,1H3,(H2,20,24)(H,21,26)(H,22,25). The summed E-state index contributed by atoms with van der Waals surface area (Å²) < 4.78 is 26.0. The van der Waals surface area contributed by atoms with Crippen molar-refractivity contribution in [1.29, 1.82) is 0 Å². The van der Waals surface area contributed by atoms with Gasteiger partial charge in [-0.3, -0.25) is 14.4 Å². The van der Waals surface area contributed by atoms with Gasteiger partial charge in [-0.2, -0.15) is 0 Å². The number of hydrogen-bond acceptors (Lipinski definition) is 5. The summed E-state index contributed by atoms with van der Waals surface area (Å²) in [6.07, 6.45) is 1.73. The fourth-order valence-electron chi connectivity index (χ4n) is 3.22. The van der Waals surface area contributed by atoms with Gasteiger partial charge in [-0.05, 0) is 31.4 Å². The Morgan fingerprint density at radius 1 is 1.24 bits per heavy atom. The molecule has 0 aromatic heterocycles. The third-order valence-corrected chi connectivity index (χ3v) is 6.74. The van der Waals surface area contributed by atoms with Crippen molar-refractivity contribution in [1.82, 2.24) is 9.62 Å². The van der Waals surface area contributed by atoms with E-state index in [9.17, 15) is 22.8 Å². The van der Waals surface area contributed by atoms with E-state index < -0.39 is 27.8 Å². The highest BCUT2D eigenvalue weighted by atomic mass is 32.2. The Hall–Kier alpha value is -2.46. The molecule has 29 heavy (non-hydrogen) atoms. The van der Waals surface area contributed by atoms with E-state index in [4.69, 9.17) is 5.73 Å². The number of primary amides is 1. The summed E-state index contributed by atoms with van der Waals surface area (Å²) in [7, 11) is -3.36. The summed E-state index contributed by atoms with van der Waals surface area (Å²) in [5, 5.41) is 5.34. The highest BCUT2D eigenvalue weighted by molar-refractivity contribution is 7.89. The Balaban J connectivity index is 2.05. The average molecular weight is 425 g/mol. The number of nitrogens with two attached hydrogens (primary N) is 1. The molecule has 10 heteroatoms. The van der Waals surface area contributed by atoms with Crippen LogP contribution in [0.2, 0.25) is 0 Å². The minimum Gasteiger partial charge on any atom is -0.370 e. The van der Waals surface area contributed by atoms with E-state index >= 15 is 0 Å². The Morgan fingerprint density at radius 2 is 1.97 bits per heavy atom. The van der Waals surface area contributed by atoms with Crippen molar-refractivity contribution in [3.8, 4) is 0 Å². The molecule has 1 unspecified atom stereocenters. The molecule has 1 heterocycles. The number of sulfonamides is 1. The number of piperidine rings is 1. The summed E-state index contributed by atoms with van der Waals surface area (Å²) >= 11 is 0. The number of anilines is 1. The fraction of sp³-hybridized carbons (Fsp3) is 0.526. The largest absolute Gasteiger partial charge is 0.370 e. The number of amides is 3. The van der Waals surface area contributed by atoms with Gasteiger partial charge in [0.25, 0.3) is 5.91 Å². The predicted molar refractivity (Wildman–Crippen MR) is 110 cm³/mol. The van der Waals surface area contributed by atoms with Crippen molar-refractivity contribution in [3.05, 3.63) is 29.8 Å². The molecule has 1 aliphatic rings. The number of carbonyl (C=O) groups is 3. The monoisotopic (exact) mass is 424 g/mol. The van der Waals surface area contributed by atoms with Crippen LogP contribution in [-0.4, -0.2) is 55.8 Å². The van der Waals surface area contributed by atoms with E-state index in [1.54, 1.807) is 31.2 Å². The summed E-state index contributed by atoms with van der Waals surface area (Å²) in [6.45, 7) is 2.46. The maximum Gasteiger partial charge on any atom is 0.253 e. The van der Waals surface area contributed by atoms with Crippen LogP contribution in [0.15, 0.2) is 24.3 Å². The Morgan fingerprint density at radius 3 is 2.66 bits per heavy atom. The first-order chi connectivity index (χ1) is 13.7. The van der Waals surface area contributed by atoms with Gasteiger partial charge in [0.15, 0.2) is 0 Å². The maximum atomic E-state index is 12.8. The molecular formula is C19H28N4O5S. The van der Waals surface area contributed by atoms with Gasteiger partial charge in [-0.1, -0.05) is 19.1 Å². The molecule has 1 aromatic rings. The quantitative estimate of drug-likeness (QED) is 0.535. The van der Waals surface area contributed by atoms with Gasteiger partial charge in [0.2, 0.25) is 21.8 Å². The first-order valence-electron chi connectivity index (χ1n) is 9.68. The van der Waals surface area contributed by atoms with E-state index in [1.807, 2.05) is 0 Å². The molecule has 2 rings (SSSR count). The van der Waals surface area contributed by atoms with Crippen LogP contribution in [0.3, 0.4) is 0 Å². The molecule has 1 saturated heterocycles. The van der Waals surface area contributed by atoms with Crippen LogP contribution in [0.1, 0.15) is 43.0 Å². The smallest absolute Gasteiger partial charge is 0.253 e. The Labute approximate surface area is 171 Å². The molecule has 0 radical (unpaired) electrons. The first kappa shape index (κ1) is 22.8. The third-order valence-electron chi connectivity index (χ3n) is 4.70. The van der Waals surface area contributed by atoms with Crippen molar-refractivity contribution in [3.63, 3.8) is 0 Å². The van der Waals surface area contributed by atoms with Gasteiger partial charge in [-0.15, -0.1) is 0 Å². The SMILES string of the molecule is CCCS(=O)(=O)N1CCCC(C(=O)Nc2ccccc2C(=O)NCCC(N)=O)C1. The van der Waals surface area contributed by atoms with Crippen LogP contribution in [0.25, 0.3) is 0 Å². The number of nitrogens with zero attached hydrogens (tertiary/aromatic N) is 1. The highest BCUT2D eigenvalue weighted by Gasteiger charge is 2.32. The molecule has 1 atom stereocenters. The van der Waals surface area contributed by atoms with E-state index in [0.717, 1.165) is 0 Å². The van der Waals surface area contributed by atoms with E-state index in [2.05, 4.69) is 10.6 Å². The normalized spacial score (nSPS) is 17.5. The lowest BCUT2D eigenvalue weighted by atomic mass is 9.98. The van der Waals surface area contributed by atoms with Gasteiger partial charge in [-0.25, -0.2) is 12.7 Å². The zero-order valence-electron chi connectivity index (χ0n) is 16.5. The lowest BCUT2D eigenvalue weighted by Crippen LogP contribution is -2.44. The van der Waals surface area contributed by atoms with E-state index in [-0.39, 0.29) is 36.7 Å². The molecule has 0 bridgehead atoms.